The first kappa shape index (κ1) is 14.9. The van der Waals surface area contributed by atoms with Gasteiger partial charge in [-0.05, 0) is 37.6 Å². The molecule has 0 fully saturated rings. The van der Waals surface area contributed by atoms with Gasteiger partial charge in [-0.3, -0.25) is 4.79 Å². The van der Waals surface area contributed by atoms with Crippen molar-refractivity contribution in [2.45, 2.75) is 13.8 Å². The van der Waals surface area contributed by atoms with Crippen LogP contribution in [-0.4, -0.2) is 17.6 Å². The summed E-state index contributed by atoms with van der Waals surface area (Å²) in [5.74, 6) is -1.52. The summed E-state index contributed by atoms with van der Waals surface area (Å²) in [6.07, 6.45) is 0. The van der Waals surface area contributed by atoms with Crippen molar-refractivity contribution in [1.29, 1.82) is 0 Å². The Balaban J connectivity index is 2.11. The molecule has 1 aromatic heterocycles. The lowest BCUT2D eigenvalue weighted by Gasteiger charge is -2.04. The lowest BCUT2D eigenvalue weighted by atomic mass is 10.1. The normalized spacial score (nSPS) is 11.2. The molecule has 0 unspecified atom stereocenters. The van der Waals surface area contributed by atoms with E-state index in [0.717, 1.165) is 16.9 Å². The zero-order valence-corrected chi connectivity index (χ0v) is 12.4. The van der Waals surface area contributed by atoms with E-state index in [1.807, 2.05) is 19.1 Å². The number of nitrogens with one attached hydrogen (secondary N) is 1. The van der Waals surface area contributed by atoms with Gasteiger partial charge in [-0.2, -0.15) is 5.10 Å². The fourth-order valence-corrected chi connectivity index (χ4v) is 2.51. The van der Waals surface area contributed by atoms with Crippen LogP contribution in [0.2, 0.25) is 0 Å². The Morgan fingerprint density at radius 2 is 1.81 bits per heavy atom. The maximum absolute atomic E-state index is 12.0. The second-order valence-electron chi connectivity index (χ2n) is 4.40. The maximum atomic E-state index is 12.0. The average molecular weight is 301 g/mol. The third-order valence-electron chi connectivity index (χ3n) is 2.88. The van der Waals surface area contributed by atoms with Gasteiger partial charge < -0.3 is 9.90 Å². The van der Waals surface area contributed by atoms with Crippen LogP contribution in [0.25, 0.3) is 0 Å². The highest BCUT2D eigenvalue weighted by Crippen LogP contribution is 2.16. The number of aryl methyl sites for hydroxylation is 1. The van der Waals surface area contributed by atoms with Gasteiger partial charge in [-0.15, -0.1) is 11.3 Å². The number of carboxylic acid groups (broad SMARTS) is 1. The molecule has 5 nitrogen and oxygen atoms in total. The predicted molar refractivity (Wildman–Crippen MR) is 79.5 cm³/mol. The van der Waals surface area contributed by atoms with Crippen molar-refractivity contribution in [1.82, 2.24) is 5.43 Å². The molecule has 1 aromatic carbocycles. The zero-order chi connectivity index (χ0) is 15.4. The molecule has 0 radical (unpaired) electrons. The Labute approximate surface area is 125 Å². The smallest absolute Gasteiger partial charge is 0.271 e. The molecular formula is C15H13N2O3S-. The Hall–Kier alpha value is -2.47. The molecule has 6 heteroatoms. The molecule has 108 valence electrons. The minimum atomic E-state index is -1.22. The minimum Gasteiger partial charge on any atom is -0.544 e. The van der Waals surface area contributed by atoms with Gasteiger partial charge in [0.2, 0.25) is 0 Å². The van der Waals surface area contributed by atoms with Crippen LogP contribution in [0.15, 0.2) is 41.5 Å². The van der Waals surface area contributed by atoms with Gasteiger partial charge in [0.25, 0.3) is 5.91 Å². The van der Waals surface area contributed by atoms with Crippen LogP contribution < -0.4 is 10.5 Å². The fourth-order valence-electron chi connectivity index (χ4n) is 1.72. The van der Waals surface area contributed by atoms with E-state index >= 15 is 0 Å². The Morgan fingerprint density at radius 3 is 2.43 bits per heavy atom. The first-order chi connectivity index (χ1) is 9.99. The highest BCUT2D eigenvalue weighted by molar-refractivity contribution is 7.15. The van der Waals surface area contributed by atoms with Crippen molar-refractivity contribution < 1.29 is 14.7 Å². The number of carbonyl (C=O) groups is 2. The van der Waals surface area contributed by atoms with Gasteiger partial charge in [-0.25, -0.2) is 5.43 Å². The number of hydrazone groups is 1. The van der Waals surface area contributed by atoms with Crippen molar-refractivity contribution in [2.75, 3.05) is 0 Å². The lowest BCUT2D eigenvalue weighted by Crippen LogP contribution is -2.20. The summed E-state index contributed by atoms with van der Waals surface area (Å²) in [7, 11) is 0. The number of hydrogen-bond acceptors (Lipinski definition) is 5. The standard InChI is InChI=1S/C15H14N2O3S/c1-9-5-3-4-6-11(9)14(18)17-16-10(2)12-7-8-13(21-12)15(19)20/h3-8H,1-2H3,(H,17,18)(H,19,20)/p-1/b16-10-. The second-order valence-corrected chi connectivity index (χ2v) is 5.49. The van der Waals surface area contributed by atoms with E-state index in [-0.39, 0.29) is 10.8 Å². The van der Waals surface area contributed by atoms with Gasteiger partial charge in [0, 0.05) is 5.56 Å². The molecule has 2 rings (SSSR count). The van der Waals surface area contributed by atoms with E-state index in [4.69, 9.17) is 0 Å². The third-order valence-corrected chi connectivity index (χ3v) is 4.05. The molecule has 21 heavy (non-hydrogen) atoms. The molecule has 1 N–H and O–H groups in total. The number of amides is 1. The van der Waals surface area contributed by atoms with E-state index in [9.17, 15) is 14.7 Å². The van der Waals surface area contributed by atoms with Crippen molar-refractivity contribution in [3.8, 4) is 0 Å². The number of benzene rings is 1. The summed E-state index contributed by atoms with van der Waals surface area (Å²) < 4.78 is 0. The molecule has 0 saturated heterocycles. The fraction of sp³-hybridized carbons (Fsp3) is 0.133. The van der Waals surface area contributed by atoms with Crippen LogP contribution in [-0.2, 0) is 0 Å². The molecule has 0 aliphatic rings. The molecule has 0 atom stereocenters. The summed E-state index contributed by atoms with van der Waals surface area (Å²) in [4.78, 5) is 23.5. The summed E-state index contributed by atoms with van der Waals surface area (Å²) in [6.45, 7) is 3.54. The number of hydrogen-bond donors (Lipinski definition) is 1. The quantitative estimate of drug-likeness (QED) is 0.687. The number of aromatic carboxylic acids is 1. The topological polar surface area (TPSA) is 81.6 Å². The van der Waals surface area contributed by atoms with Gasteiger partial charge in [0.15, 0.2) is 0 Å². The SMILES string of the molecule is C/C(=N/NC(=O)c1ccccc1C)c1ccc(C(=O)[O-])s1. The second kappa shape index (κ2) is 6.32. The van der Waals surface area contributed by atoms with Crippen molar-refractivity contribution in [3.63, 3.8) is 0 Å². The minimum absolute atomic E-state index is 0.129. The highest BCUT2D eigenvalue weighted by atomic mass is 32.1. The number of nitrogens with zero attached hydrogens (tertiary/aromatic N) is 1. The molecule has 0 saturated carbocycles. The van der Waals surface area contributed by atoms with E-state index in [2.05, 4.69) is 10.5 Å². The summed E-state index contributed by atoms with van der Waals surface area (Å²) >= 11 is 1.06. The van der Waals surface area contributed by atoms with Crippen LogP contribution in [0, 0.1) is 6.92 Å². The first-order valence-electron chi connectivity index (χ1n) is 6.21. The third kappa shape index (κ3) is 3.55. The number of thiophene rings is 1. The van der Waals surface area contributed by atoms with E-state index in [1.165, 1.54) is 6.07 Å². The van der Waals surface area contributed by atoms with Crippen molar-refractivity contribution in [2.24, 2.45) is 5.10 Å². The Bertz CT molecular complexity index is 719. The monoisotopic (exact) mass is 301 g/mol. The summed E-state index contributed by atoms with van der Waals surface area (Å²) in [6, 6.07) is 10.3. The lowest BCUT2D eigenvalue weighted by molar-refractivity contribution is -0.254. The van der Waals surface area contributed by atoms with Crippen LogP contribution in [0.1, 0.15) is 37.4 Å². The van der Waals surface area contributed by atoms with Crippen LogP contribution in [0.5, 0.6) is 0 Å². The van der Waals surface area contributed by atoms with E-state index in [0.29, 0.717) is 16.2 Å². The Morgan fingerprint density at radius 1 is 1.14 bits per heavy atom. The van der Waals surface area contributed by atoms with Crippen LogP contribution >= 0.6 is 11.3 Å². The van der Waals surface area contributed by atoms with Crippen LogP contribution in [0.4, 0.5) is 0 Å². The number of carbonyl (C=O) groups excluding carboxylic acids is 2. The molecule has 0 aliphatic carbocycles. The molecule has 2 aromatic rings. The van der Waals surface area contributed by atoms with Gasteiger partial charge in [0.05, 0.1) is 21.4 Å². The van der Waals surface area contributed by atoms with Crippen molar-refractivity contribution >= 4 is 28.9 Å². The van der Waals surface area contributed by atoms with Gasteiger partial charge >= 0.3 is 0 Å². The summed E-state index contributed by atoms with van der Waals surface area (Å²) in [5.41, 5.74) is 4.42. The van der Waals surface area contributed by atoms with E-state index < -0.39 is 5.97 Å². The molecule has 0 aliphatic heterocycles. The molecule has 0 spiro atoms. The molecular weight excluding hydrogens is 288 g/mol. The van der Waals surface area contributed by atoms with Gasteiger partial charge in [0.1, 0.15) is 0 Å². The number of rotatable bonds is 4. The average Bonchev–Trinajstić information content (AvgIpc) is 2.95. The molecule has 1 heterocycles. The largest absolute Gasteiger partial charge is 0.544 e. The molecule has 1 amide bonds. The van der Waals surface area contributed by atoms with Gasteiger partial charge in [-0.1, -0.05) is 18.2 Å². The highest BCUT2D eigenvalue weighted by Gasteiger charge is 2.08. The summed E-state index contributed by atoms with van der Waals surface area (Å²) in [5, 5.41) is 14.7. The Kier molecular flexibility index (Phi) is 4.49. The number of carboxylic acids is 1. The first-order valence-corrected chi connectivity index (χ1v) is 7.02. The van der Waals surface area contributed by atoms with E-state index in [1.54, 1.807) is 25.1 Å². The van der Waals surface area contributed by atoms with Crippen LogP contribution in [0.3, 0.4) is 0 Å². The van der Waals surface area contributed by atoms with Crippen molar-refractivity contribution in [3.05, 3.63) is 57.3 Å². The zero-order valence-electron chi connectivity index (χ0n) is 11.5. The predicted octanol–water partition coefficient (Wildman–Crippen LogP) is 1.57. The molecule has 0 bridgehead atoms. The maximum Gasteiger partial charge on any atom is 0.271 e.